The molecular formula is C22H23N5O2. The molecule has 3 atom stereocenters. The van der Waals surface area contributed by atoms with Crippen molar-refractivity contribution in [2.24, 2.45) is 4.99 Å². The number of nitriles is 1. The van der Waals surface area contributed by atoms with Gasteiger partial charge in [-0.3, -0.25) is 9.79 Å². The van der Waals surface area contributed by atoms with E-state index in [0.717, 1.165) is 37.1 Å². The Morgan fingerprint density at radius 3 is 2.97 bits per heavy atom. The van der Waals surface area contributed by atoms with Gasteiger partial charge in [-0.15, -0.1) is 0 Å². The molecule has 1 aliphatic heterocycles. The van der Waals surface area contributed by atoms with Crippen LogP contribution in [-0.2, 0) is 0 Å². The summed E-state index contributed by atoms with van der Waals surface area (Å²) in [4.78, 5) is 21.9. The van der Waals surface area contributed by atoms with Gasteiger partial charge in [-0.05, 0) is 37.1 Å². The fourth-order valence-corrected chi connectivity index (χ4v) is 4.02. The molecule has 1 saturated carbocycles. The number of carbonyl (C=O) groups excluding carboxylic acids is 1. The lowest BCUT2D eigenvalue weighted by Gasteiger charge is -2.24. The minimum absolute atomic E-state index is 0.0326. The molecule has 2 aromatic rings. The first-order valence-electron chi connectivity index (χ1n) is 9.83. The van der Waals surface area contributed by atoms with Gasteiger partial charge in [0.1, 0.15) is 5.84 Å². The maximum atomic E-state index is 12.8. The van der Waals surface area contributed by atoms with Gasteiger partial charge in [0, 0.05) is 23.4 Å². The van der Waals surface area contributed by atoms with Gasteiger partial charge < -0.3 is 15.4 Å². The molecule has 2 unspecified atom stereocenters. The highest BCUT2D eigenvalue weighted by molar-refractivity contribution is 6.00. The number of nitrogens with one attached hydrogen (secondary N) is 2. The smallest absolute Gasteiger partial charge is 0.251 e. The van der Waals surface area contributed by atoms with Crippen molar-refractivity contribution in [2.75, 3.05) is 7.11 Å². The molecule has 1 aromatic heterocycles. The summed E-state index contributed by atoms with van der Waals surface area (Å²) in [5, 5.41) is 15.8. The molecule has 0 radical (unpaired) electrons. The molecule has 148 valence electrons. The summed E-state index contributed by atoms with van der Waals surface area (Å²) >= 11 is 0. The molecule has 29 heavy (non-hydrogen) atoms. The van der Waals surface area contributed by atoms with Gasteiger partial charge in [-0.1, -0.05) is 18.9 Å². The van der Waals surface area contributed by atoms with E-state index >= 15 is 0 Å². The Balaban J connectivity index is 1.56. The molecule has 2 heterocycles. The molecule has 0 bridgehead atoms. The van der Waals surface area contributed by atoms with Crippen LogP contribution in [0.3, 0.4) is 0 Å². The lowest BCUT2D eigenvalue weighted by molar-refractivity contribution is 0.0928. The molecule has 4 rings (SSSR count). The molecule has 1 amide bonds. The highest BCUT2D eigenvalue weighted by Gasteiger charge is 2.37. The molecule has 7 heteroatoms. The monoisotopic (exact) mass is 389 g/mol. The summed E-state index contributed by atoms with van der Waals surface area (Å²) in [6.07, 6.45) is 5.73. The molecule has 2 aliphatic rings. The molecular weight excluding hydrogens is 366 g/mol. The molecule has 1 fully saturated rings. The molecule has 7 nitrogen and oxygen atoms in total. The van der Waals surface area contributed by atoms with E-state index in [4.69, 9.17) is 15.0 Å². The maximum Gasteiger partial charge on any atom is 0.251 e. The second kappa shape index (κ2) is 8.31. The Bertz CT molecular complexity index is 981. The highest BCUT2D eigenvalue weighted by atomic mass is 16.5. The fourth-order valence-electron chi connectivity index (χ4n) is 4.02. The number of fused-ring (bicyclic) bond motifs is 1. The molecule has 2 N–H and O–H groups in total. The quantitative estimate of drug-likeness (QED) is 0.837. The number of hydrogen-bond donors (Lipinski definition) is 2. The predicted octanol–water partition coefficient (Wildman–Crippen LogP) is 2.42. The number of aromatic nitrogens is 1. The predicted molar refractivity (Wildman–Crippen MR) is 109 cm³/mol. The van der Waals surface area contributed by atoms with Gasteiger partial charge in [0.05, 0.1) is 36.9 Å². The Hall–Kier alpha value is -3.40. The number of carbonyl (C=O) groups is 1. The molecule has 1 aromatic carbocycles. The van der Waals surface area contributed by atoms with E-state index in [1.807, 2.05) is 12.1 Å². The van der Waals surface area contributed by atoms with Gasteiger partial charge in [0.2, 0.25) is 5.88 Å². The van der Waals surface area contributed by atoms with Crippen LogP contribution in [0.2, 0.25) is 0 Å². The maximum absolute atomic E-state index is 12.8. The van der Waals surface area contributed by atoms with Gasteiger partial charge in [0.15, 0.2) is 0 Å². The van der Waals surface area contributed by atoms with Gasteiger partial charge in [0.25, 0.3) is 5.91 Å². The number of benzene rings is 1. The fraction of sp³-hybridized carbons (Fsp3) is 0.364. The zero-order valence-electron chi connectivity index (χ0n) is 16.3. The van der Waals surface area contributed by atoms with Crippen LogP contribution in [0.1, 0.15) is 47.2 Å². The van der Waals surface area contributed by atoms with Crippen LogP contribution >= 0.6 is 0 Å². The van der Waals surface area contributed by atoms with E-state index < -0.39 is 0 Å². The Morgan fingerprint density at radius 1 is 1.28 bits per heavy atom. The van der Waals surface area contributed by atoms with E-state index in [1.54, 1.807) is 37.6 Å². The highest BCUT2D eigenvalue weighted by Crippen LogP contribution is 2.27. The number of pyridine rings is 1. The third-order valence-corrected chi connectivity index (χ3v) is 5.49. The number of hydrogen-bond acceptors (Lipinski definition) is 6. The number of nitrogens with zero attached hydrogens (tertiary/aromatic N) is 3. The summed E-state index contributed by atoms with van der Waals surface area (Å²) in [7, 11) is 1.59. The largest absolute Gasteiger partial charge is 0.481 e. The minimum Gasteiger partial charge on any atom is -0.481 e. The molecule has 0 saturated heterocycles. The standard InChI is InChI=1S/C22H23N5O2/c1-29-19-12-15(9-10-24-19)21-25-17-7-2-3-8-18(20(17)27-21)26-22(28)16-6-4-5-14(11-16)13-23/h4-6,9-12,17-18,20H,2-3,7-8H2,1H3,(H,25,27)(H,26,28)/t17?,18-,20?/m1/s1. The number of amidine groups is 1. The zero-order valence-corrected chi connectivity index (χ0v) is 16.3. The van der Waals surface area contributed by atoms with Crippen molar-refractivity contribution in [1.82, 2.24) is 15.6 Å². The van der Waals surface area contributed by atoms with Crippen LogP contribution in [-0.4, -0.2) is 42.0 Å². The Labute approximate surface area is 169 Å². The van der Waals surface area contributed by atoms with Crippen molar-refractivity contribution in [3.05, 3.63) is 59.3 Å². The van der Waals surface area contributed by atoms with Gasteiger partial charge >= 0.3 is 0 Å². The van der Waals surface area contributed by atoms with Crippen LogP contribution in [0, 0.1) is 11.3 Å². The van der Waals surface area contributed by atoms with E-state index in [-0.39, 0.29) is 24.0 Å². The summed E-state index contributed by atoms with van der Waals surface area (Å²) in [5.74, 6) is 1.19. The van der Waals surface area contributed by atoms with E-state index in [0.29, 0.717) is 17.0 Å². The summed E-state index contributed by atoms with van der Waals surface area (Å²) in [5.41, 5.74) is 1.90. The van der Waals surface area contributed by atoms with E-state index in [1.165, 1.54) is 0 Å². The number of ether oxygens (including phenoxy) is 1. The summed E-state index contributed by atoms with van der Waals surface area (Å²) in [6.45, 7) is 0. The number of aliphatic imine (C=N–C) groups is 1. The van der Waals surface area contributed by atoms with Crippen molar-refractivity contribution >= 4 is 11.7 Å². The Kier molecular flexibility index (Phi) is 5.43. The summed E-state index contributed by atoms with van der Waals surface area (Å²) < 4.78 is 5.22. The average Bonchev–Trinajstić information content (AvgIpc) is 3.11. The molecule has 0 spiro atoms. The van der Waals surface area contributed by atoms with Crippen molar-refractivity contribution < 1.29 is 9.53 Å². The average molecular weight is 389 g/mol. The van der Waals surface area contributed by atoms with E-state index in [9.17, 15) is 4.79 Å². The molecule has 1 aliphatic carbocycles. The van der Waals surface area contributed by atoms with Crippen LogP contribution in [0.4, 0.5) is 0 Å². The second-order valence-corrected chi connectivity index (χ2v) is 7.36. The van der Waals surface area contributed by atoms with Crippen molar-refractivity contribution in [3.63, 3.8) is 0 Å². The first-order chi connectivity index (χ1) is 14.2. The third-order valence-electron chi connectivity index (χ3n) is 5.49. The third kappa shape index (κ3) is 4.06. The van der Waals surface area contributed by atoms with Gasteiger partial charge in [-0.2, -0.15) is 5.26 Å². The number of methoxy groups -OCH3 is 1. The van der Waals surface area contributed by atoms with Crippen LogP contribution in [0.15, 0.2) is 47.6 Å². The normalized spacial score (nSPS) is 23.0. The minimum atomic E-state index is -0.165. The van der Waals surface area contributed by atoms with Gasteiger partial charge in [-0.25, -0.2) is 4.98 Å². The van der Waals surface area contributed by atoms with Crippen LogP contribution in [0.25, 0.3) is 0 Å². The summed E-state index contributed by atoms with van der Waals surface area (Å²) in [6, 6.07) is 12.7. The lowest BCUT2D eigenvalue weighted by atomic mass is 9.99. The number of rotatable bonds is 4. The lowest BCUT2D eigenvalue weighted by Crippen LogP contribution is -2.47. The SMILES string of the molecule is COc1cc(C2=NC3C(CCCC[C@H]3NC(=O)c3cccc(C#N)c3)N2)ccn1. The van der Waals surface area contributed by atoms with Crippen molar-refractivity contribution in [3.8, 4) is 11.9 Å². The zero-order chi connectivity index (χ0) is 20.2. The van der Waals surface area contributed by atoms with Crippen molar-refractivity contribution in [2.45, 2.75) is 43.8 Å². The first-order valence-corrected chi connectivity index (χ1v) is 9.83. The first kappa shape index (κ1) is 18.9. The van der Waals surface area contributed by atoms with Crippen LogP contribution < -0.4 is 15.4 Å². The van der Waals surface area contributed by atoms with E-state index in [2.05, 4.69) is 21.7 Å². The number of amides is 1. The Morgan fingerprint density at radius 2 is 2.14 bits per heavy atom. The van der Waals surface area contributed by atoms with Crippen molar-refractivity contribution in [1.29, 1.82) is 5.26 Å². The topological polar surface area (TPSA) is 99.4 Å². The second-order valence-electron chi connectivity index (χ2n) is 7.36. The van der Waals surface area contributed by atoms with Crippen LogP contribution in [0.5, 0.6) is 5.88 Å².